The number of rotatable bonds is 8. The molecule has 4 rings (SSSR count). The quantitative estimate of drug-likeness (QED) is 0.489. The Bertz CT molecular complexity index is 706. The van der Waals surface area contributed by atoms with Gasteiger partial charge in [0.15, 0.2) is 0 Å². The molecule has 0 aromatic rings. The molecule has 4 unspecified atom stereocenters. The molecule has 4 nitrogen and oxygen atoms in total. The highest BCUT2D eigenvalue weighted by molar-refractivity contribution is 5.90. The summed E-state index contributed by atoms with van der Waals surface area (Å²) in [6, 6.07) is 0. The van der Waals surface area contributed by atoms with Gasteiger partial charge in [-0.15, -0.1) is 0 Å². The number of epoxide rings is 1. The van der Waals surface area contributed by atoms with Gasteiger partial charge in [0.1, 0.15) is 11.4 Å². The molecule has 184 valence electrons. The minimum Gasteiger partial charge on any atom is -0.396 e. The summed E-state index contributed by atoms with van der Waals surface area (Å²) in [4.78, 5) is 14.0. The zero-order valence-electron chi connectivity index (χ0n) is 21.4. The van der Waals surface area contributed by atoms with E-state index in [1.54, 1.807) is 0 Å². The Labute approximate surface area is 195 Å². The van der Waals surface area contributed by atoms with Crippen molar-refractivity contribution in [3.8, 4) is 0 Å². The molecule has 4 fully saturated rings. The molecule has 0 bridgehead atoms. The first-order chi connectivity index (χ1) is 15.0. The van der Waals surface area contributed by atoms with E-state index in [0.29, 0.717) is 36.4 Å². The summed E-state index contributed by atoms with van der Waals surface area (Å²) in [7, 11) is 0. The van der Waals surface area contributed by atoms with Gasteiger partial charge in [-0.3, -0.25) is 4.79 Å². The first kappa shape index (κ1) is 24.7. The molecular weight excluding hydrogens is 400 g/mol. The minimum atomic E-state index is -0.448. The fraction of sp³-hybridized carbons (Fsp3) is 0.964. The van der Waals surface area contributed by atoms with Crippen LogP contribution in [0.2, 0.25) is 0 Å². The SMILES string of the molecule is CC(C)C(C)CCC(C)C1CCC([C@@H]2C[C@H]3O[C@]34C[C@@H](O)CC[C@]4(C)C2=O)[C@]1(C)CCO. The van der Waals surface area contributed by atoms with Gasteiger partial charge in [0.05, 0.1) is 17.6 Å². The lowest BCUT2D eigenvalue weighted by Crippen LogP contribution is -2.57. The Morgan fingerprint density at radius 1 is 1.09 bits per heavy atom. The average molecular weight is 449 g/mol. The smallest absolute Gasteiger partial charge is 0.145 e. The van der Waals surface area contributed by atoms with E-state index in [4.69, 9.17) is 4.74 Å². The van der Waals surface area contributed by atoms with Crippen LogP contribution in [0.3, 0.4) is 0 Å². The van der Waals surface area contributed by atoms with E-state index < -0.39 is 11.0 Å². The van der Waals surface area contributed by atoms with E-state index in [1.807, 2.05) is 0 Å². The molecule has 0 amide bonds. The molecule has 0 aromatic carbocycles. The standard InChI is InChI=1S/C28H48O4/c1-17(2)18(3)7-8-19(4)22-9-10-23(26(22,5)13-14-29)21-15-24-28(32-24)16-20(30)11-12-27(28,6)25(21)31/h17-24,29-30H,7-16H2,1-6H3/t18?,19?,20-,21-,22?,23?,24+,26+,27+,28+/m0/s1. The molecule has 0 radical (unpaired) electrons. The topological polar surface area (TPSA) is 70.1 Å². The van der Waals surface area contributed by atoms with Crippen LogP contribution < -0.4 is 0 Å². The highest BCUT2D eigenvalue weighted by atomic mass is 16.6. The van der Waals surface area contributed by atoms with Crippen LogP contribution in [0.5, 0.6) is 0 Å². The van der Waals surface area contributed by atoms with Gasteiger partial charge in [-0.25, -0.2) is 0 Å². The summed E-state index contributed by atoms with van der Waals surface area (Å²) >= 11 is 0. The summed E-state index contributed by atoms with van der Waals surface area (Å²) in [5.74, 6) is 3.42. The molecule has 3 saturated carbocycles. The molecule has 0 aromatic heterocycles. The lowest BCUT2D eigenvalue weighted by atomic mass is 9.52. The highest BCUT2D eigenvalue weighted by Gasteiger charge is 2.75. The average Bonchev–Trinajstić information content (AvgIpc) is 3.33. The van der Waals surface area contributed by atoms with Gasteiger partial charge in [0.2, 0.25) is 0 Å². The highest BCUT2D eigenvalue weighted by Crippen LogP contribution is 2.68. The summed E-state index contributed by atoms with van der Waals surface area (Å²) < 4.78 is 6.26. The van der Waals surface area contributed by atoms with Crippen molar-refractivity contribution in [2.24, 2.45) is 46.3 Å². The van der Waals surface area contributed by atoms with Crippen LogP contribution in [0, 0.1) is 46.3 Å². The fourth-order valence-corrected chi connectivity index (χ4v) is 8.45. The van der Waals surface area contributed by atoms with Gasteiger partial charge in [-0.2, -0.15) is 0 Å². The van der Waals surface area contributed by atoms with E-state index in [9.17, 15) is 15.0 Å². The van der Waals surface area contributed by atoms with Crippen LogP contribution >= 0.6 is 0 Å². The van der Waals surface area contributed by atoms with Crippen molar-refractivity contribution in [2.75, 3.05) is 6.61 Å². The Hall–Kier alpha value is -0.450. The lowest BCUT2D eigenvalue weighted by Gasteiger charge is -2.49. The van der Waals surface area contributed by atoms with Gasteiger partial charge in [-0.05, 0) is 80.5 Å². The van der Waals surface area contributed by atoms with E-state index in [0.717, 1.165) is 37.5 Å². The van der Waals surface area contributed by atoms with Gasteiger partial charge in [-0.1, -0.05) is 47.5 Å². The van der Waals surface area contributed by atoms with Crippen molar-refractivity contribution in [2.45, 2.75) is 117 Å². The molecule has 4 aliphatic rings. The van der Waals surface area contributed by atoms with Crippen molar-refractivity contribution in [1.29, 1.82) is 0 Å². The van der Waals surface area contributed by atoms with Crippen LogP contribution in [-0.2, 0) is 9.53 Å². The maximum atomic E-state index is 14.0. The first-order valence-corrected chi connectivity index (χ1v) is 13.5. The number of hydrogen-bond donors (Lipinski definition) is 2. The third kappa shape index (κ3) is 3.71. The zero-order valence-corrected chi connectivity index (χ0v) is 21.4. The third-order valence-electron chi connectivity index (χ3n) is 11.1. The third-order valence-corrected chi connectivity index (χ3v) is 11.1. The number of carbonyl (C=O) groups excluding carboxylic acids is 1. The van der Waals surface area contributed by atoms with E-state index in [-0.39, 0.29) is 30.1 Å². The predicted octanol–water partition coefficient (Wildman–Crippen LogP) is 5.39. The summed E-state index contributed by atoms with van der Waals surface area (Å²) in [6.45, 7) is 14.1. The van der Waals surface area contributed by atoms with Gasteiger partial charge < -0.3 is 14.9 Å². The summed E-state index contributed by atoms with van der Waals surface area (Å²) in [5, 5.41) is 20.3. The van der Waals surface area contributed by atoms with Gasteiger partial charge in [0.25, 0.3) is 0 Å². The number of aliphatic hydroxyl groups excluding tert-OH is 2. The number of carbonyl (C=O) groups is 1. The molecule has 10 atom stereocenters. The number of ketones is 1. The van der Waals surface area contributed by atoms with Crippen molar-refractivity contribution in [1.82, 2.24) is 0 Å². The first-order valence-electron chi connectivity index (χ1n) is 13.5. The Kier molecular flexibility index (Phi) is 6.66. The zero-order chi connectivity index (χ0) is 23.5. The van der Waals surface area contributed by atoms with Crippen LogP contribution in [0.15, 0.2) is 0 Å². The number of aliphatic hydroxyl groups is 2. The molecular formula is C28H48O4. The van der Waals surface area contributed by atoms with Crippen LogP contribution in [0.4, 0.5) is 0 Å². The fourth-order valence-electron chi connectivity index (χ4n) is 8.45. The Morgan fingerprint density at radius 2 is 1.81 bits per heavy atom. The predicted molar refractivity (Wildman–Crippen MR) is 127 cm³/mol. The Morgan fingerprint density at radius 3 is 2.47 bits per heavy atom. The van der Waals surface area contributed by atoms with Crippen LogP contribution in [-0.4, -0.2) is 40.4 Å². The largest absolute Gasteiger partial charge is 0.396 e. The molecule has 4 heteroatoms. The summed E-state index contributed by atoms with van der Waals surface area (Å²) in [6.07, 6.45) is 8.26. The maximum absolute atomic E-state index is 14.0. The van der Waals surface area contributed by atoms with Gasteiger partial charge >= 0.3 is 0 Å². The van der Waals surface area contributed by atoms with Crippen LogP contribution in [0.25, 0.3) is 0 Å². The molecule has 32 heavy (non-hydrogen) atoms. The van der Waals surface area contributed by atoms with E-state index >= 15 is 0 Å². The molecule has 3 aliphatic carbocycles. The molecule has 2 N–H and O–H groups in total. The van der Waals surface area contributed by atoms with E-state index in [1.165, 1.54) is 19.3 Å². The molecule has 1 aliphatic heterocycles. The molecule has 1 heterocycles. The van der Waals surface area contributed by atoms with E-state index in [2.05, 4.69) is 41.5 Å². The second kappa shape index (κ2) is 8.64. The summed E-state index contributed by atoms with van der Waals surface area (Å²) in [5.41, 5.74) is -0.838. The lowest BCUT2D eigenvalue weighted by molar-refractivity contribution is -0.147. The van der Waals surface area contributed by atoms with Gasteiger partial charge in [0, 0.05) is 18.9 Å². The second-order valence-corrected chi connectivity index (χ2v) is 13.0. The number of hydrogen-bond acceptors (Lipinski definition) is 4. The maximum Gasteiger partial charge on any atom is 0.145 e. The minimum absolute atomic E-state index is 0.00892. The monoisotopic (exact) mass is 448 g/mol. The van der Waals surface area contributed by atoms with Crippen molar-refractivity contribution >= 4 is 5.78 Å². The van der Waals surface area contributed by atoms with Crippen LogP contribution in [0.1, 0.15) is 99.3 Å². The molecule has 1 spiro atoms. The number of Topliss-reactive ketones (excluding diaryl/α,β-unsaturated/α-hetero) is 1. The normalized spacial score (nSPS) is 47.8. The van der Waals surface area contributed by atoms with Crippen molar-refractivity contribution in [3.63, 3.8) is 0 Å². The Balaban J connectivity index is 1.53. The van der Waals surface area contributed by atoms with Crippen molar-refractivity contribution < 1.29 is 19.7 Å². The number of ether oxygens (including phenoxy) is 1. The molecule has 1 saturated heterocycles. The van der Waals surface area contributed by atoms with Crippen molar-refractivity contribution in [3.05, 3.63) is 0 Å². The second-order valence-electron chi connectivity index (χ2n) is 13.0.